The van der Waals surface area contributed by atoms with Crippen LogP contribution >= 0.6 is 11.6 Å². The molecule has 19 heavy (non-hydrogen) atoms. The molecule has 4 nitrogen and oxygen atoms in total. The molecule has 0 saturated heterocycles. The molecule has 0 aliphatic rings. The van der Waals surface area contributed by atoms with Crippen LogP contribution in [0.5, 0.6) is 0 Å². The number of hydrogen-bond donors (Lipinski definition) is 2. The van der Waals surface area contributed by atoms with Crippen LogP contribution in [0.4, 0.5) is 20.3 Å². The number of benzene rings is 1. The number of aromatic nitrogens is 1. The van der Waals surface area contributed by atoms with E-state index in [1.807, 2.05) is 0 Å². The van der Waals surface area contributed by atoms with Crippen LogP contribution in [-0.2, 0) is 0 Å². The van der Waals surface area contributed by atoms with Crippen molar-refractivity contribution in [2.75, 3.05) is 5.32 Å². The Hall–Kier alpha value is -2.21. The predicted octanol–water partition coefficient (Wildman–Crippen LogP) is 3.46. The van der Waals surface area contributed by atoms with Crippen molar-refractivity contribution in [3.8, 4) is 0 Å². The zero-order valence-electron chi connectivity index (χ0n) is 9.32. The molecule has 0 aliphatic heterocycles. The van der Waals surface area contributed by atoms with Gasteiger partial charge in [-0.2, -0.15) is 0 Å². The zero-order chi connectivity index (χ0) is 14.0. The summed E-state index contributed by atoms with van der Waals surface area (Å²) in [7, 11) is 0. The van der Waals surface area contributed by atoms with Gasteiger partial charge in [0, 0.05) is 12.3 Å². The Labute approximate surface area is 111 Å². The van der Waals surface area contributed by atoms with Gasteiger partial charge < -0.3 is 10.4 Å². The van der Waals surface area contributed by atoms with Crippen molar-refractivity contribution in [2.45, 2.75) is 0 Å². The molecule has 1 aromatic heterocycles. The Morgan fingerprint density at radius 3 is 2.74 bits per heavy atom. The third-order valence-corrected chi connectivity index (χ3v) is 2.58. The standard InChI is InChI=1S/C12H7ClF2N2O2/c13-8-5-16-11(4-7(8)12(18)19)17-10-3-6(14)1-2-9(10)15/h1-5H,(H,16,17)(H,18,19). The van der Waals surface area contributed by atoms with E-state index in [4.69, 9.17) is 16.7 Å². The van der Waals surface area contributed by atoms with Crippen molar-refractivity contribution < 1.29 is 18.7 Å². The quantitative estimate of drug-likeness (QED) is 0.906. The van der Waals surface area contributed by atoms with E-state index in [2.05, 4.69) is 10.3 Å². The molecule has 2 rings (SSSR count). The molecule has 1 aromatic carbocycles. The van der Waals surface area contributed by atoms with Gasteiger partial charge in [-0.3, -0.25) is 0 Å². The zero-order valence-corrected chi connectivity index (χ0v) is 10.1. The normalized spacial score (nSPS) is 10.3. The number of anilines is 2. The van der Waals surface area contributed by atoms with E-state index in [0.29, 0.717) is 0 Å². The number of pyridine rings is 1. The summed E-state index contributed by atoms with van der Waals surface area (Å²) >= 11 is 5.65. The van der Waals surface area contributed by atoms with Crippen LogP contribution in [0.15, 0.2) is 30.5 Å². The Kier molecular flexibility index (Phi) is 3.62. The molecule has 2 N–H and O–H groups in total. The maximum Gasteiger partial charge on any atom is 0.337 e. The SMILES string of the molecule is O=C(O)c1cc(Nc2cc(F)ccc2F)ncc1Cl. The first kappa shape index (κ1) is 13.2. The van der Waals surface area contributed by atoms with Crippen molar-refractivity contribution >= 4 is 29.1 Å². The van der Waals surface area contributed by atoms with Crippen molar-refractivity contribution in [1.29, 1.82) is 0 Å². The summed E-state index contributed by atoms with van der Waals surface area (Å²) in [6, 6.07) is 3.99. The lowest BCUT2D eigenvalue weighted by Crippen LogP contribution is -2.02. The summed E-state index contributed by atoms with van der Waals surface area (Å²) in [4.78, 5) is 14.7. The van der Waals surface area contributed by atoms with E-state index < -0.39 is 17.6 Å². The number of nitrogens with one attached hydrogen (secondary N) is 1. The first-order valence-corrected chi connectivity index (χ1v) is 5.46. The summed E-state index contributed by atoms with van der Waals surface area (Å²) in [5.74, 6) is -2.51. The average molecular weight is 285 g/mol. The number of nitrogens with zero attached hydrogens (tertiary/aromatic N) is 1. The fourth-order valence-corrected chi connectivity index (χ4v) is 1.59. The molecule has 0 bridgehead atoms. The molecule has 2 aromatic rings. The van der Waals surface area contributed by atoms with E-state index in [1.54, 1.807) is 0 Å². The van der Waals surface area contributed by atoms with E-state index in [-0.39, 0.29) is 22.1 Å². The van der Waals surface area contributed by atoms with E-state index >= 15 is 0 Å². The molecule has 0 spiro atoms. The van der Waals surface area contributed by atoms with Gasteiger partial charge in [0.25, 0.3) is 0 Å². The van der Waals surface area contributed by atoms with Crippen molar-refractivity contribution in [3.63, 3.8) is 0 Å². The van der Waals surface area contributed by atoms with Crippen LogP contribution in [0.2, 0.25) is 5.02 Å². The topological polar surface area (TPSA) is 62.2 Å². The fraction of sp³-hybridized carbons (Fsp3) is 0. The van der Waals surface area contributed by atoms with E-state index in [1.165, 1.54) is 0 Å². The van der Waals surface area contributed by atoms with Gasteiger partial charge in [-0.15, -0.1) is 0 Å². The molecule has 0 atom stereocenters. The number of carboxylic acids is 1. The van der Waals surface area contributed by atoms with Gasteiger partial charge in [0.15, 0.2) is 0 Å². The van der Waals surface area contributed by atoms with Crippen LogP contribution in [0.1, 0.15) is 10.4 Å². The van der Waals surface area contributed by atoms with Gasteiger partial charge >= 0.3 is 5.97 Å². The second-order valence-electron chi connectivity index (χ2n) is 3.60. The molecule has 7 heteroatoms. The van der Waals surface area contributed by atoms with E-state index in [9.17, 15) is 13.6 Å². The highest BCUT2D eigenvalue weighted by Gasteiger charge is 2.11. The number of carbonyl (C=O) groups is 1. The maximum absolute atomic E-state index is 13.4. The Balaban J connectivity index is 2.36. The van der Waals surface area contributed by atoms with Gasteiger partial charge in [-0.25, -0.2) is 18.6 Å². The van der Waals surface area contributed by atoms with Gasteiger partial charge in [-0.05, 0) is 18.2 Å². The Morgan fingerprint density at radius 2 is 2.05 bits per heavy atom. The average Bonchev–Trinajstić information content (AvgIpc) is 2.36. The molecular formula is C12H7ClF2N2O2. The molecule has 0 unspecified atom stereocenters. The highest BCUT2D eigenvalue weighted by molar-refractivity contribution is 6.33. The van der Waals surface area contributed by atoms with Crippen LogP contribution in [0, 0.1) is 11.6 Å². The molecule has 0 aliphatic carbocycles. The first-order chi connectivity index (χ1) is 8.97. The molecule has 0 fully saturated rings. The third kappa shape index (κ3) is 2.97. The van der Waals surface area contributed by atoms with Crippen LogP contribution in [0.3, 0.4) is 0 Å². The summed E-state index contributed by atoms with van der Waals surface area (Å²) in [6.45, 7) is 0. The number of rotatable bonds is 3. The smallest absolute Gasteiger partial charge is 0.337 e. The van der Waals surface area contributed by atoms with Crippen LogP contribution in [-0.4, -0.2) is 16.1 Å². The van der Waals surface area contributed by atoms with Gasteiger partial charge in [0.2, 0.25) is 0 Å². The molecule has 1 heterocycles. The molecule has 98 valence electrons. The second-order valence-corrected chi connectivity index (χ2v) is 4.01. The summed E-state index contributed by atoms with van der Waals surface area (Å²) < 4.78 is 26.4. The van der Waals surface area contributed by atoms with Crippen molar-refractivity contribution in [2.24, 2.45) is 0 Å². The van der Waals surface area contributed by atoms with Crippen molar-refractivity contribution in [3.05, 3.63) is 52.7 Å². The van der Waals surface area contributed by atoms with E-state index in [0.717, 1.165) is 30.5 Å². The predicted molar refractivity (Wildman–Crippen MR) is 65.8 cm³/mol. The molecule has 0 radical (unpaired) electrons. The number of hydrogen-bond acceptors (Lipinski definition) is 3. The largest absolute Gasteiger partial charge is 0.478 e. The highest BCUT2D eigenvalue weighted by atomic mass is 35.5. The lowest BCUT2D eigenvalue weighted by molar-refractivity contribution is 0.0697. The monoisotopic (exact) mass is 284 g/mol. The second kappa shape index (κ2) is 5.19. The number of carboxylic acid groups (broad SMARTS) is 1. The molecule has 0 amide bonds. The van der Waals surface area contributed by atoms with Gasteiger partial charge in [0.1, 0.15) is 17.5 Å². The van der Waals surface area contributed by atoms with Crippen molar-refractivity contribution in [1.82, 2.24) is 4.98 Å². The Morgan fingerprint density at radius 1 is 1.32 bits per heavy atom. The highest BCUT2D eigenvalue weighted by Crippen LogP contribution is 2.23. The minimum absolute atomic E-state index is 0.0437. The molecular weight excluding hydrogens is 278 g/mol. The lowest BCUT2D eigenvalue weighted by Gasteiger charge is -2.08. The first-order valence-electron chi connectivity index (χ1n) is 5.08. The maximum atomic E-state index is 13.4. The summed E-state index contributed by atoms with van der Waals surface area (Å²) in [5.41, 5.74) is -0.331. The Bertz CT molecular complexity index is 650. The van der Waals surface area contributed by atoms with Gasteiger partial charge in [0.05, 0.1) is 16.3 Å². The van der Waals surface area contributed by atoms with Crippen LogP contribution < -0.4 is 5.32 Å². The fourth-order valence-electron chi connectivity index (χ4n) is 1.40. The minimum Gasteiger partial charge on any atom is -0.478 e. The summed E-state index contributed by atoms with van der Waals surface area (Å²) in [5, 5.41) is 11.3. The molecule has 0 saturated carbocycles. The third-order valence-electron chi connectivity index (χ3n) is 2.28. The van der Waals surface area contributed by atoms with Crippen LogP contribution in [0.25, 0.3) is 0 Å². The summed E-state index contributed by atoms with van der Waals surface area (Å²) in [6.07, 6.45) is 1.12. The van der Waals surface area contributed by atoms with Gasteiger partial charge in [-0.1, -0.05) is 11.6 Å². The number of aromatic carboxylic acids is 1. The number of halogens is 3. The lowest BCUT2D eigenvalue weighted by atomic mass is 10.2. The minimum atomic E-state index is -1.24.